The molecule has 0 saturated heterocycles. The molecule has 0 unspecified atom stereocenters. The van der Waals surface area contributed by atoms with Gasteiger partial charge in [-0.25, -0.2) is 8.42 Å². The SMILES string of the molecule is O=C(O)C1(NS(=O)(=O)c2cc(Cl)sc2Cl)CCCCC1. The summed E-state index contributed by atoms with van der Waals surface area (Å²) in [5, 5.41) is 9.39. The molecule has 1 aliphatic rings. The van der Waals surface area contributed by atoms with Crippen LogP contribution in [0, 0.1) is 0 Å². The van der Waals surface area contributed by atoms with Crippen molar-refractivity contribution in [1.82, 2.24) is 4.72 Å². The van der Waals surface area contributed by atoms with Crippen LogP contribution in [0.25, 0.3) is 0 Å². The molecular formula is C11H13Cl2NO4S2. The largest absolute Gasteiger partial charge is 0.480 e. The first-order valence-corrected chi connectivity index (χ1v) is 9.05. The van der Waals surface area contributed by atoms with Crippen LogP contribution in [-0.4, -0.2) is 25.0 Å². The Morgan fingerprint density at radius 2 is 1.90 bits per heavy atom. The Balaban J connectivity index is 2.35. The van der Waals surface area contributed by atoms with E-state index >= 15 is 0 Å². The second-order valence-corrected chi connectivity index (χ2v) is 8.68. The van der Waals surface area contributed by atoms with Crippen LogP contribution in [0.4, 0.5) is 0 Å². The predicted octanol–water partition coefficient (Wildman–Crippen LogP) is 3.12. The van der Waals surface area contributed by atoms with E-state index in [4.69, 9.17) is 23.2 Å². The quantitative estimate of drug-likeness (QED) is 0.866. The number of hydrogen-bond donors (Lipinski definition) is 2. The Bertz CT molecular complexity index is 620. The van der Waals surface area contributed by atoms with Gasteiger partial charge in [-0.1, -0.05) is 42.5 Å². The lowest BCUT2D eigenvalue weighted by atomic mass is 9.83. The lowest BCUT2D eigenvalue weighted by Crippen LogP contribution is -2.55. The van der Waals surface area contributed by atoms with Crippen molar-refractivity contribution < 1.29 is 18.3 Å². The van der Waals surface area contributed by atoms with Crippen molar-refractivity contribution in [2.45, 2.75) is 42.5 Å². The van der Waals surface area contributed by atoms with Gasteiger partial charge in [0.2, 0.25) is 10.0 Å². The van der Waals surface area contributed by atoms with E-state index < -0.39 is 21.5 Å². The summed E-state index contributed by atoms with van der Waals surface area (Å²) in [6.07, 6.45) is 2.80. The molecule has 0 spiro atoms. The Morgan fingerprint density at radius 1 is 1.30 bits per heavy atom. The maximum atomic E-state index is 12.3. The summed E-state index contributed by atoms with van der Waals surface area (Å²) in [5.41, 5.74) is -1.45. The first-order valence-electron chi connectivity index (χ1n) is 5.99. The molecule has 0 amide bonds. The molecule has 5 nitrogen and oxygen atoms in total. The van der Waals surface area contributed by atoms with E-state index in [-0.39, 0.29) is 26.4 Å². The number of nitrogens with one attached hydrogen (secondary N) is 1. The Labute approximate surface area is 130 Å². The molecule has 1 fully saturated rings. The van der Waals surface area contributed by atoms with Gasteiger partial charge in [-0.15, -0.1) is 11.3 Å². The van der Waals surface area contributed by atoms with E-state index in [0.717, 1.165) is 17.8 Å². The highest BCUT2D eigenvalue weighted by atomic mass is 35.5. The maximum absolute atomic E-state index is 12.3. The molecule has 112 valence electrons. The third-order valence-corrected chi connectivity index (χ3v) is 6.65. The number of rotatable bonds is 4. The molecular weight excluding hydrogens is 345 g/mol. The van der Waals surface area contributed by atoms with Crippen LogP contribution in [-0.2, 0) is 14.8 Å². The average molecular weight is 358 g/mol. The molecule has 2 N–H and O–H groups in total. The normalized spacial score (nSPS) is 18.9. The highest BCUT2D eigenvalue weighted by Gasteiger charge is 2.43. The number of hydrogen-bond acceptors (Lipinski definition) is 4. The minimum Gasteiger partial charge on any atom is -0.480 e. The summed E-state index contributed by atoms with van der Waals surface area (Å²) in [5.74, 6) is -1.15. The zero-order valence-electron chi connectivity index (χ0n) is 10.4. The molecule has 0 atom stereocenters. The van der Waals surface area contributed by atoms with Crippen molar-refractivity contribution in [3.8, 4) is 0 Å². The van der Waals surface area contributed by atoms with Crippen LogP contribution in [0.5, 0.6) is 0 Å². The number of aliphatic carboxylic acids is 1. The number of sulfonamides is 1. The molecule has 0 bridgehead atoms. The van der Waals surface area contributed by atoms with Crippen molar-refractivity contribution in [2.75, 3.05) is 0 Å². The lowest BCUT2D eigenvalue weighted by Gasteiger charge is -2.33. The van der Waals surface area contributed by atoms with Crippen LogP contribution >= 0.6 is 34.5 Å². The monoisotopic (exact) mass is 357 g/mol. The zero-order valence-corrected chi connectivity index (χ0v) is 13.5. The molecule has 0 aliphatic heterocycles. The second kappa shape index (κ2) is 5.81. The smallest absolute Gasteiger partial charge is 0.324 e. The molecule has 0 radical (unpaired) electrons. The Morgan fingerprint density at radius 3 is 2.35 bits per heavy atom. The third-order valence-electron chi connectivity index (χ3n) is 3.36. The van der Waals surface area contributed by atoms with Crippen LogP contribution in [0.3, 0.4) is 0 Å². The van der Waals surface area contributed by atoms with E-state index in [9.17, 15) is 18.3 Å². The van der Waals surface area contributed by atoms with E-state index in [2.05, 4.69) is 4.72 Å². The maximum Gasteiger partial charge on any atom is 0.324 e. The van der Waals surface area contributed by atoms with E-state index in [1.807, 2.05) is 0 Å². The van der Waals surface area contributed by atoms with Gasteiger partial charge in [0.05, 0.1) is 4.34 Å². The number of carbonyl (C=O) groups is 1. The van der Waals surface area contributed by atoms with Crippen LogP contribution in [0.15, 0.2) is 11.0 Å². The summed E-state index contributed by atoms with van der Waals surface area (Å²) >= 11 is 12.5. The third kappa shape index (κ3) is 3.12. The van der Waals surface area contributed by atoms with Gasteiger partial charge in [0.25, 0.3) is 0 Å². The fourth-order valence-corrected chi connectivity index (χ4v) is 5.90. The van der Waals surface area contributed by atoms with Crippen molar-refractivity contribution in [1.29, 1.82) is 0 Å². The Hall–Kier alpha value is -0.340. The van der Waals surface area contributed by atoms with Crippen molar-refractivity contribution in [2.24, 2.45) is 0 Å². The van der Waals surface area contributed by atoms with Crippen LogP contribution in [0.1, 0.15) is 32.1 Å². The van der Waals surface area contributed by atoms with Crippen molar-refractivity contribution in [3.63, 3.8) is 0 Å². The van der Waals surface area contributed by atoms with Gasteiger partial charge >= 0.3 is 5.97 Å². The van der Waals surface area contributed by atoms with Crippen molar-refractivity contribution in [3.05, 3.63) is 14.7 Å². The number of carboxylic acid groups (broad SMARTS) is 1. The van der Waals surface area contributed by atoms with E-state index in [1.54, 1.807) is 0 Å². The average Bonchev–Trinajstić information content (AvgIpc) is 2.70. The zero-order chi connectivity index (χ0) is 15.0. The number of thiophene rings is 1. The summed E-state index contributed by atoms with van der Waals surface area (Å²) in [6.45, 7) is 0. The van der Waals surface area contributed by atoms with E-state index in [0.29, 0.717) is 12.8 Å². The fraction of sp³-hybridized carbons (Fsp3) is 0.545. The van der Waals surface area contributed by atoms with Gasteiger partial charge in [-0.2, -0.15) is 4.72 Å². The van der Waals surface area contributed by atoms with Gasteiger partial charge in [0, 0.05) is 0 Å². The molecule has 9 heteroatoms. The minimum absolute atomic E-state index is 0.0267. The molecule has 20 heavy (non-hydrogen) atoms. The molecule has 1 saturated carbocycles. The van der Waals surface area contributed by atoms with Crippen LogP contribution in [0.2, 0.25) is 8.67 Å². The summed E-state index contributed by atoms with van der Waals surface area (Å²) in [4.78, 5) is 11.3. The molecule has 1 heterocycles. The minimum atomic E-state index is -4.01. The predicted molar refractivity (Wildman–Crippen MR) is 78.1 cm³/mol. The summed E-state index contributed by atoms with van der Waals surface area (Å²) in [7, 11) is -4.01. The number of halogens is 2. The lowest BCUT2D eigenvalue weighted by molar-refractivity contribution is -0.145. The second-order valence-electron chi connectivity index (χ2n) is 4.74. The van der Waals surface area contributed by atoms with Crippen LogP contribution < -0.4 is 4.72 Å². The Kier molecular flexibility index (Phi) is 4.66. The topological polar surface area (TPSA) is 83.5 Å². The standard InChI is InChI=1S/C11H13Cl2NO4S2/c12-8-6-7(9(13)19-8)20(17,18)14-11(10(15)16)4-2-1-3-5-11/h6,14H,1-5H2,(H,15,16). The molecule has 1 aliphatic carbocycles. The highest BCUT2D eigenvalue weighted by molar-refractivity contribution is 7.90. The fourth-order valence-electron chi connectivity index (χ4n) is 2.34. The van der Waals surface area contributed by atoms with Gasteiger partial charge in [-0.3, -0.25) is 4.79 Å². The van der Waals surface area contributed by atoms with Gasteiger partial charge < -0.3 is 5.11 Å². The molecule has 1 aromatic rings. The van der Waals surface area contributed by atoms with Crippen molar-refractivity contribution >= 4 is 50.5 Å². The summed E-state index contributed by atoms with van der Waals surface area (Å²) < 4.78 is 27.2. The van der Waals surface area contributed by atoms with E-state index in [1.165, 1.54) is 6.07 Å². The number of carboxylic acids is 1. The highest BCUT2D eigenvalue weighted by Crippen LogP contribution is 2.36. The first kappa shape index (κ1) is 16.0. The summed E-state index contributed by atoms with van der Waals surface area (Å²) in [6, 6.07) is 1.23. The van der Waals surface area contributed by atoms with Gasteiger partial charge in [0.1, 0.15) is 14.8 Å². The van der Waals surface area contributed by atoms with Gasteiger partial charge in [0.15, 0.2) is 0 Å². The molecule has 0 aromatic carbocycles. The first-order chi connectivity index (χ1) is 9.27. The molecule has 1 aromatic heterocycles. The van der Waals surface area contributed by atoms with Gasteiger partial charge in [-0.05, 0) is 18.9 Å². The molecule has 2 rings (SSSR count).